The number of halogens is 1. The monoisotopic (exact) mass is 253 g/mol. The normalized spacial score (nSPS) is 9.21. The van der Waals surface area contributed by atoms with E-state index in [1.54, 1.807) is 18.2 Å². The Labute approximate surface area is 90.4 Å². The minimum absolute atomic E-state index is 0.198. The van der Waals surface area contributed by atoms with Crippen LogP contribution in [0.2, 0.25) is 0 Å². The van der Waals surface area contributed by atoms with Crippen LogP contribution < -0.4 is 0 Å². The number of carbonyl (C=O) groups is 1. The summed E-state index contributed by atoms with van der Waals surface area (Å²) >= 11 is 3.25. The number of hydrogen-bond acceptors (Lipinski definition) is 3. The van der Waals surface area contributed by atoms with Crippen LogP contribution in [-0.4, -0.2) is 13.1 Å². The number of methoxy groups -OCH3 is 1. The first-order chi connectivity index (χ1) is 6.70. The molecule has 0 unspecified atom stereocenters. The third-order valence-corrected chi connectivity index (χ3v) is 2.42. The first-order valence-electron chi connectivity index (χ1n) is 3.93. The SMILES string of the molecule is COC(=O)c1c(Br)cccc1CC#N. The topological polar surface area (TPSA) is 50.1 Å². The van der Waals surface area contributed by atoms with E-state index in [9.17, 15) is 4.79 Å². The van der Waals surface area contributed by atoms with Gasteiger partial charge in [0.05, 0.1) is 25.2 Å². The Morgan fingerprint density at radius 2 is 2.36 bits per heavy atom. The molecule has 0 aliphatic carbocycles. The predicted molar refractivity (Wildman–Crippen MR) is 54.8 cm³/mol. The number of nitriles is 1. The third-order valence-electron chi connectivity index (χ3n) is 1.76. The minimum atomic E-state index is -0.428. The molecule has 3 nitrogen and oxygen atoms in total. The van der Waals surface area contributed by atoms with E-state index >= 15 is 0 Å². The van der Waals surface area contributed by atoms with Crippen LogP contribution in [0.5, 0.6) is 0 Å². The number of rotatable bonds is 2. The van der Waals surface area contributed by atoms with Gasteiger partial charge in [0.15, 0.2) is 0 Å². The molecule has 0 aliphatic heterocycles. The highest BCUT2D eigenvalue weighted by Gasteiger charge is 2.14. The quantitative estimate of drug-likeness (QED) is 0.761. The van der Waals surface area contributed by atoms with Gasteiger partial charge in [-0.2, -0.15) is 5.26 Å². The lowest BCUT2D eigenvalue weighted by molar-refractivity contribution is 0.0598. The average Bonchev–Trinajstić information content (AvgIpc) is 2.18. The largest absolute Gasteiger partial charge is 0.465 e. The Kier molecular flexibility index (Phi) is 3.66. The second-order valence-corrected chi connectivity index (χ2v) is 3.45. The third kappa shape index (κ3) is 2.12. The molecule has 14 heavy (non-hydrogen) atoms. The van der Waals surface area contributed by atoms with Gasteiger partial charge in [0.2, 0.25) is 0 Å². The van der Waals surface area contributed by atoms with Crippen molar-refractivity contribution < 1.29 is 9.53 Å². The summed E-state index contributed by atoms with van der Waals surface area (Å²) in [7, 11) is 1.32. The molecule has 0 bridgehead atoms. The summed E-state index contributed by atoms with van der Waals surface area (Å²) in [6.45, 7) is 0. The van der Waals surface area contributed by atoms with Gasteiger partial charge in [-0.3, -0.25) is 0 Å². The smallest absolute Gasteiger partial charge is 0.339 e. The van der Waals surface area contributed by atoms with Gasteiger partial charge in [-0.25, -0.2) is 4.79 Å². The van der Waals surface area contributed by atoms with E-state index in [0.717, 1.165) is 0 Å². The highest BCUT2D eigenvalue weighted by atomic mass is 79.9. The van der Waals surface area contributed by atoms with Gasteiger partial charge in [0.25, 0.3) is 0 Å². The first kappa shape index (κ1) is 10.7. The summed E-state index contributed by atoms with van der Waals surface area (Å²) in [5.74, 6) is -0.428. The molecule has 0 aromatic heterocycles. The summed E-state index contributed by atoms with van der Waals surface area (Å²) in [4.78, 5) is 11.4. The molecule has 0 aliphatic rings. The average molecular weight is 254 g/mol. The lowest BCUT2D eigenvalue weighted by atomic mass is 10.1. The molecule has 0 saturated carbocycles. The zero-order valence-electron chi connectivity index (χ0n) is 7.58. The van der Waals surface area contributed by atoms with Gasteiger partial charge in [0, 0.05) is 4.47 Å². The number of carbonyl (C=O) groups excluding carboxylic acids is 1. The van der Waals surface area contributed by atoms with Crippen molar-refractivity contribution in [3.05, 3.63) is 33.8 Å². The van der Waals surface area contributed by atoms with Gasteiger partial charge in [-0.1, -0.05) is 12.1 Å². The van der Waals surface area contributed by atoms with Crippen LogP contribution in [0.25, 0.3) is 0 Å². The van der Waals surface area contributed by atoms with E-state index in [0.29, 0.717) is 15.6 Å². The van der Waals surface area contributed by atoms with Crippen LogP contribution in [0.3, 0.4) is 0 Å². The van der Waals surface area contributed by atoms with Crippen molar-refractivity contribution in [2.75, 3.05) is 7.11 Å². The molecule has 0 saturated heterocycles. The number of esters is 1. The minimum Gasteiger partial charge on any atom is -0.465 e. The molecule has 0 atom stereocenters. The van der Waals surface area contributed by atoms with Crippen molar-refractivity contribution in [2.45, 2.75) is 6.42 Å². The Morgan fingerprint density at radius 3 is 2.93 bits per heavy atom. The Bertz CT molecular complexity index is 396. The molecule has 0 fully saturated rings. The fourth-order valence-electron chi connectivity index (χ4n) is 1.13. The molecular formula is C10H8BrNO2. The van der Waals surface area contributed by atoms with E-state index < -0.39 is 5.97 Å². The molecule has 1 rings (SSSR count). The van der Waals surface area contributed by atoms with Crippen LogP contribution >= 0.6 is 15.9 Å². The van der Waals surface area contributed by atoms with Gasteiger partial charge >= 0.3 is 5.97 Å². The van der Waals surface area contributed by atoms with E-state index in [2.05, 4.69) is 20.7 Å². The maximum absolute atomic E-state index is 11.4. The summed E-state index contributed by atoms with van der Waals surface area (Å²) in [5.41, 5.74) is 1.10. The van der Waals surface area contributed by atoms with Gasteiger partial charge < -0.3 is 4.74 Å². The fourth-order valence-corrected chi connectivity index (χ4v) is 1.70. The van der Waals surface area contributed by atoms with Crippen LogP contribution in [0.4, 0.5) is 0 Å². The van der Waals surface area contributed by atoms with Crippen molar-refractivity contribution in [3.8, 4) is 6.07 Å². The number of benzene rings is 1. The van der Waals surface area contributed by atoms with Crippen molar-refractivity contribution >= 4 is 21.9 Å². The molecule has 0 N–H and O–H groups in total. The van der Waals surface area contributed by atoms with Crippen LogP contribution in [0, 0.1) is 11.3 Å². The van der Waals surface area contributed by atoms with Crippen molar-refractivity contribution in [2.24, 2.45) is 0 Å². The molecular weight excluding hydrogens is 246 g/mol. The molecule has 0 spiro atoms. The first-order valence-corrected chi connectivity index (χ1v) is 4.72. The standard InChI is InChI=1S/C10H8BrNO2/c1-14-10(13)9-7(5-6-12)3-2-4-8(9)11/h2-4H,5H2,1H3. The zero-order chi connectivity index (χ0) is 10.6. The Morgan fingerprint density at radius 1 is 1.64 bits per heavy atom. The molecule has 72 valence electrons. The summed E-state index contributed by atoms with van der Waals surface area (Å²) < 4.78 is 5.28. The molecule has 0 heterocycles. The van der Waals surface area contributed by atoms with Crippen LogP contribution in [0.1, 0.15) is 15.9 Å². The second-order valence-electron chi connectivity index (χ2n) is 2.60. The molecule has 1 aromatic rings. The maximum Gasteiger partial charge on any atom is 0.339 e. The van der Waals surface area contributed by atoms with Crippen LogP contribution in [-0.2, 0) is 11.2 Å². The number of ether oxygens (including phenoxy) is 1. The second kappa shape index (κ2) is 4.77. The summed E-state index contributed by atoms with van der Waals surface area (Å²) in [5, 5.41) is 8.57. The molecule has 0 amide bonds. The highest BCUT2D eigenvalue weighted by Crippen LogP contribution is 2.21. The molecule has 0 radical (unpaired) electrons. The molecule has 4 heteroatoms. The van der Waals surface area contributed by atoms with E-state index in [4.69, 9.17) is 5.26 Å². The Balaban J connectivity index is 3.23. The van der Waals surface area contributed by atoms with Crippen LogP contribution in [0.15, 0.2) is 22.7 Å². The van der Waals surface area contributed by atoms with E-state index in [1.165, 1.54) is 7.11 Å². The van der Waals surface area contributed by atoms with Gasteiger partial charge in [-0.05, 0) is 27.6 Å². The van der Waals surface area contributed by atoms with Crippen molar-refractivity contribution in [1.29, 1.82) is 5.26 Å². The van der Waals surface area contributed by atoms with Gasteiger partial charge in [0.1, 0.15) is 0 Å². The van der Waals surface area contributed by atoms with E-state index in [1.807, 2.05) is 6.07 Å². The van der Waals surface area contributed by atoms with E-state index in [-0.39, 0.29) is 6.42 Å². The van der Waals surface area contributed by atoms with Gasteiger partial charge in [-0.15, -0.1) is 0 Å². The van der Waals surface area contributed by atoms with Crippen molar-refractivity contribution in [1.82, 2.24) is 0 Å². The lowest BCUT2D eigenvalue weighted by Crippen LogP contribution is -2.06. The lowest BCUT2D eigenvalue weighted by Gasteiger charge is -2.06. The molecule has 1 aromatic carbocycles. The number of nitrogens with zero attached hydrogens (tertiary/aromatic N) is 1. The Hall–Kier alpha value is -1.34. The number of hydrogen-bond donors (Lipinski definition) is 0. The summed E-state index contributed by atoms with van der Waals surface area (Å²) in [6.07, 6.45) is 0.198. The zero-order valence-corrected chi connectivity index (χ0v) is 9.17. The summed E-state index contributed by atoms with van der Waals surface area (Å²) in [6, 6.07) is 7.26. The maximum atomic E-state index is 11.4. The van der Waals surface area contributed by atoms with Crippen molar-refractivity contribution in [3.63, 3.8) is 0 Å². The highest BCUT2D eigenvalue weighted by molar-refractivity contribution is 9.10. The predicted octanol–water partition coefficient (Wildman–Crippen LogP) is 2.30. The fraction of sp³-hybridized carbons (Fsp3) is 0.200.